The van der Waals surface area contributed by atoms with E-state index < -0.39 is 23.7 Å². The third-order valence-corrected chi connectivity index (χ3v) is 3.86. The van der Waals surface area contributed by atoms with Gasteiger partial charge < -0.3 is 5.11 Å². The predicted molar refractivity (Wildman–Crippen MR) is 48.2 cm³/mol. The van der Waals surface area contributed by atoms with Crippen molar-refractivity contribution < 1.29 is 18.7 Å². The molecule has 2 nitrogen and oxygen atoms in total. The van der Waals surface area contributed by atoms with Gasteiger partial charge >= 0.3 is 5.97 Å². The van der Waals surface area contributed by atoms with Gasteiger partial charge in [0, 0.05) is 11.3 Å². The summed E-state index contributed by atoms with van der Waals surface area (Å²) >= 11 is 6.61. The standard InChI is InChI=1S/C8H5ClF2O2S/c9-4-1-2-14-5(4)7(6(12)13)3-8(7,10)11/h1-2H,3H2,(H,12,13). The van der Waals surface area contributed by atoms with Gasteiger partial charge in [-0.05, 0) is 11.4 Å². The molecule has 76 valence electrons. The van der Waals surface area contributed by atoms with E-state index in [1.165, 1.54) is 11.4 Å². The Bertz CT molecular complexity index is 404. The van der Waals surface area contributed by atoms with E-state index in [1.54, 1.807) is 0 Å². The topological polar surface area (TPSA) is 37.3 Å². The normalized spacial score (nSPS) is 28.8. The Hall–Kier alpha value is -0.680. The quantitative estimate of drug-likeness (QED) is 0.860. The Morgan fingerprint density at radius 1 is 1.64 bits per heavy atom. The van der Waals surface area contributed by atoms with Crippen LogP contribution in [0.5, 0.6) is 0 Å². The van der Waals surface area contributed by atoms with Crippen molar-refractivity contribution in [2.45, 2.75) is 17.8 Å². The summed E-state index contributed by atoms with van der Waals surface area (Å²) in [6.45, 7) is 0. The highest BCUT2D eigenvalue weighted by Gasteiger charge is 2.78. The number of carboxylic acid groups (broad SMARTS) is 1. The molecule has 1 aromatic rings. The van der Waals surface area contributed by atoms with Crippen LogP contribution in [0.4, 0.5) is 8.78 Å². The Balaban J connectivity index is 2.52. The van der Waals surface area contributed by atoms with E-state index in [-0.39, 0.29) is 9.90 Å². The summed E-state index contributed by atoms with van der Waals surface area (Å²) in [6.07, 6.45) is -0.657. The molecule has 0 spiro atoms. The minimum absolute atomic E-state index is 0.0525. The second-order valence-electron chi connectivity index (χ2n) is 3.19. The van der Waals surface area contributed by atoms with Gasteiger partial charge in [-0.15, -0.1) is 11.3 Å². The highest BCUT2D eigenvalue weighted by Crippen LogP contribution is 2.64. The summed E-state index contributed by atoms with van der Waals surface area (Å²) in [5, 5.41) is 10.4. The second-order valence-corrected chi connectivity index (χ2v) is 4.51. The maximum Gasteiger partial charge on any atom is 0.321 e. The maximum atomic E-state index is 13.0. The van der Waals surface area contributed by atoms with Crippen LogP contribution in [0.15, 0.2) is 11.4 Å². The zero-order chi connectivity index (χ0) is 10.6. The Morgan fingerprint density at radius 3 is 2.50 bits per heavy atom. The molecule has 1 fully saturated rings. The second kappa shape index (κ2) is 2.67. The van der Waals surface area contributed by atoms with Crippen molar-refractivity contribution in [1.29, 1.82) is 0 Å². The number of aliphatic carboxylic acids is 1. The van der Waals surface area contributed by atoms with Crippen molar-refractivity contribution in [2.24, 2.45) is 0 Å². The largest absolute Gasteiger partial charge is 0.480 e. The highest BCUT2D eigenvalue weighted by atomic mass is 35.5. The van der Waals surface area contributed by atoms with E-state index in [2.05, 4.69) is 0 Å². The van der Waals surface area contributed by atoms with Gasteiger partial charge in [0.25, 0.3) is 5.92 Å². The number of carbonyl (C=O) groups is 1. The molecule has 1 atom stereocenters. The molecular formula is C8H5ClF2O2S. The summed E-state index contributed by atoms with van der Waals surface area (Å²) < 4.78 is 26.0. The van der Waals surface area contributed by atoms with Crippen LogP contribution >= 0.6 is 22.9 Å². The lowest BCUT2D eigenvalue weighted by Crippen LogP contribution is -2.26. The lowest BCUT2D eigenvalue weighted by molar-refractivity contribution is -0.142. The van der Waals surface area contributed by atoms with Gasteiger partial charge in [-0.1, -0.05) is 11.6 Å². The van der Waals surface area contributed by atoms with E-state index in [4.69, 9.17) is 16.7 Å². The maximum absolute atomic E-state index is 13.0. The fourth-order valence-electron chi connectivity index (χ4n) is 1.46. The smallest absolute Gasteiger partial charge is 0.321 e. The molecule has 0 aromatic carbocycles. The average molecular weight is 239 g/mol. The summed E-state index contributed by atoms with van der Waals surface area (Å²) in [6, 6.07) is 1.43. The van der Waals surface area contributed by atoms with Crippen molar-refractivity contribution in [3.8, 4) is 0 Å². The van der Waals surface area contributed by atoms with E-state index in [1.807, 2.05) is 0 Å². The SMILES string of the molecule is O=C(O)C1(c2sccc2Cl)CC1(F)F. The monoisotopic (exact) mass is 238 g/mol. The first-order valence-corrected chi connectivity index (χ1v) is 5.02. The van der Waals surface area contributed by atoms with E-state index in [9.17, 15) is 13.6 Å². The van der Waals surface area contributed by atoms with Crippen molar-refractivity contribution >= 4 is 28.9 Å². The predicted octanol–water partition coefficient (Wildman–Crippen LogP) is 2.76. The molecule has 1 unspecified atom stereocenters. The zero-order valence-corrected chi connectivity index (χ0v) is 8.33. The van der Waals surface area contributed by atoms with Crippen LogP contribution in [-0.4, -0.2) is 17.0 Å². The fraction of sp³-hybridized carbons (Fsp3) is 0.375. The van der Waals surface area contributed by atoms with Crippen LogP contribution in [0.2, 0.25) is 5.02 Å². The minimum Gasteiger partial charge on any atom is -0.480 e. The number of carboxylic acids is 1. The summed E-state index contributed by atoms with van der Waals surface area (Å²) in [5.74, 6) is -4.68. The van der Waals surface area contributed by atoms with Gasteiger partial charge in [-0.25, -0.2) is 8.78 Å². The first-order chi connectivity index (χ1) is 6.42. The molecule has 1 aliphatic rings. The molecule has 2 rings (SSSR count). The summed E-state index contributed by atoms with van der Waals surface area (Å²) in [5.41, 5.74) is -2.07. The van der Waals surface area contributed by atoms with Crippen molar-refractivity contribution in [1.82, 2.24) is 0 Å². The molecule has 0 radical (unpaired) electrons. The van der Waals surface area contributed by atoms with Crippen molar-refractivity contribution in [3.63, 3.8) is 0 Å². The molecular weight excluding hydrogens is 234 g/mol. The summed E-state index contributed by atoms with van der Waals surface area (Å²) in [7, 11) is 0. The number of hydrogen-bond acceptors (Lipinski definition) is 2. The zero-order valence-electron chi connectivity index (χ0n) is 6.76. The van der Waals surface area contributed by atoms with Crippen LogP contribution < -0.4 is 0 Å². The molecule has 1 saturated carbocycles. The van der Waals surface area contributed by atoms with Gasteiger partial charge in [-0.3, -0.25) is 4.79 Å². The summed E-state index contributed by atoms with van der Waals surface area (Å²) in [4.78, 5) is 10.9. The Morgan fingerprint density at radius 2 is 2.21 bits per heavy atom. The highest BCUT2D eigenvalue weighted by molar-refractivity contribution is 7.11. The first kappa shape index (κ1) is 9.86. The lowest BCUT2D eigenvalue weighted by atomic mass is 10.1. The van der Waals surface area contributed by atoms with Gasteiger partial charge in [-0.2, -0.15) is 0 Å². The van der Waals surface area contributed by atoms with Crippen LogP contribution in [0.1, 0.15) is 11.3 Å². The Kier molecular flexibility index (Phi) is 1.88. The molecule has 1 heterocycles. The van der Waals surface area contributed by atoms with E-state index >= 15 is 0 Å². The molecule has 0 saturated heterocycles. The van der Waals surface area contributed by atoms with Gasteiger partial charge in [0.2, 0.25) is 0 Å². The fourth-order valence-corrected chi connectivity index (χ4v) is 2.93. The molecule has 14 heavy (non-hydrogen) atoms. The molecule has 1 aliphatic carbocycles. The first-order valence-electron chi connectivity index (χ1n) is 3.76. The number of halogens is 3. The number of thiophene rings is 1. The van der Waals surface area contributed by atoms with E-state index in [0.29, 0.717) is 0 Å². The third kappa shape index (κ3) is 1.02. The van der Waals surface area contributed by atoms with Crippen LogP contribution in [0.3, 0.4) is 0 Å². The molecule has 0 aliphatic heterocycles. The lowest BCUT2D eigenvalue weighted by Gasteiger charge is -2.09. The van der Waals surface area contributed by atoms with Gasteiger partial charge in [0.05, 0.1) is 5.02 Å². The number of rotatable bonds is 2. The molecule has 1 aromatic heterocycles. The van der Waals surface area contributed by atoms with Crippen LogP contribution in [-0.2, 0) is 10.2 Å². The number of hydrogen-bond donors (Lipinski definition) is 1. The Labute approximate surface area is 87.1 Å². The molecule has 1 N–H and O–H groups in total. The number of alkyl halides is 2. The van der Waals surface area contributed by atoms with Gasteiger partial charge in [0.15, 0.2) is 5.41 Å². The third-order valence-electron chi connectivity index (χ3n) is 2.36. The van der Waals surface area contributed by atoms with Crippen LogP contribution in [0.25, 0.3) is 0 Å². The van der Waals surface area contributed by atoms with Crippen molar-refractivity contribution in [2.75, 3.05) is 0 Å². The van der Waals surface area contributed by atoms with Crippen molar-refractivity contribution in [3.05, 3.63) is 21.3 Å². The van der Waals surface area contributed by atoms with E-state index in [0.717, 1.165) is 11.3 Å². The minimum atomic E-state index is -3.17. The molecule has 0 amide bonds. The van der Waals surface area contributed by atoms with Gasteiger partial charge in [0.1, 0.15) is 0 Å². The van der Waals surface area contributed by atoms with Crippen LogP contribution in [0, 0.1) is 0 Å². The molecule has 6 heteroatoms. The average Bonchev–Trinajstić information content (AvgIpc) is 2.44. The molecule has 0 bridgehead atoms.